The predicted molar refractivity (Wildman–Crippen MR) is 433 cm³/mol. The van der Waals surface area contributed by atoms with E-state index in [1.807, 2.05) is 41.5 Å². The molecule has 0 aliphatic carbocycles. The number of rotatable bonds is 57. The van der Waals surface area contributed by atoms with E-state index >= 15 is 0 Å². The number of aliphatic hydroxyl groups excluding tert-OH is 2. The van der Waals surface area contributed by atoms with Gasteiger partial charge < -0.3 is 119 Å². The van der Waals surface area contributed by atoms with E-state index in [1.165, 1.54) is 6.92 Å². The topological polar surface area (TPSA) is 608 Å². The lowest BCUT2D eigenvalue weighted by Crippen LogP contribution is -2.63. The molecule has 36 nitrogen and oxygen atoms in total. The van der Waals surface area contributed by atoms with Crippen molar-refractivity contribution in [3.05, 3.63) is 36.0 Å². The van der Waals surface area contributed by atoms with Gasteiger partial charge in [-0.1, -0.05) is 108 Å². The summed E-state index contributed by atoms with van der Waals surface area (Å²) in [5.41, 5.74) is 36.1. The third-order valence-electron chi connectivity index (χ3n) is 19.5. The zero-order chi connectivity index (χ0) is 86.1. The molecule has 0 fully saturated rings. The van der Waals surface area contributed by atoms with E-state index in [-0.39, 0.29) is 88.8 Å². The lowest BCUT2D eigenvalue weighted by atomic mass is 9.96. The molecule has 0 spiro atoms. The van der Waals surface area contributed by atoms with E-state index in [0.717, 1.165) is 0 Å². The van der Waals surface area contributed by atoms with Gasteiger partial charge in [0.1, 0.15) is 78.5 Å². The van der Waals surface area contributed by atoms with Crippen LogP contribution in [0.2, 0.25) is 0 Å². The first kappa shape index (κ1) is 101. The summed E-state index contributed by atoms with van der Waals surface area (Å²) >= 11 is 0. The minimum absolute atomic E-state index is 0.0000869. The zero-order valence-electron chi connectivity index (χ0n) is 69.3. The van der Waals surface area contributed by atoms with Crippen molar-refractivity contribution >= 4 is 93.6 Å². The summed E-state index contributed by atoms with van der Waals surface area (Å²) in [7, 11) is 0. The Balaban J connectivity index is 2.46. The lowest BCUT2D eigenvalue weighted by Gasteiger charge is -2.30. The summed E-state index contributed by atoms with van der Waals surface area (Å²) in [6.07, 6.45) is 6.03. The molecule has 0 aliphatic rings. The molecule has 114 heavy (non-hydrogen) atoms. The van der Waals surface area contributed by atoms with Crippen LogP contribution in [0.5, 0.6) is 0 Å². The van der Waals surface area contributed by atoms with Crippen molar-refractivity contribution < 1.29 is 77.3 Å². The number of nitrogens with one attached hydrogen (secondary N) is 14. The van der Waals surface area contributed by atoms with Crippen molar-refractivity contribution in [2.45, 2.75) is 284 Å². The van der Waals surface area contributed by atoms with Crippen LogP contribution in [0.4, 0.5) is 0 Å². The second-order valence-corrected chi connectivity index (χ2v) is 31.6. The van der Waals surface area contributed by atoms with Gasteiger partial charge in [0.05, 0.1) is 19.3 Å². The van der Waals surface area contributed by atoms with Gasteiger partial charge in [-0.05, 0) is 177 Å². The number of hydrogen-bond donors (Lipinski definition) is 22. The Morgan fingerprint density at radius 1 is 0.368 bits per heavy atom. The van der Waals surface area contributed by atoms with Crippen LogP contribution in [0.1, 0.15) is 198 Å². The van der Waals surface area contributed by atoms with Crippen molar-refractivity contribution in [3.63, 3.8) is 0 Å². The summed E-state index contributed by atoms with van der Waals surface area (Å²) in [5.74, 6) is -13.5. The van der Waals surface area contributed by atoms with E-state index in [9.17, 15) is 77.3 Å². The number of aromatic nitrogens is 1. The highest BCUT2D eigenvalue weighted by molar-refractivity contribution is 6.00. The van der Waals surface area contributed by atoms with Crippen LogP contribution < -0.4 is 104 Å². The van der Waals surface area contributed by atoms with Gasteiger partial charge >= 0.3 is 0 Å². The molecule has 28 N–H and O–H groups in total. The molecule has 15 atom stereocenters. The highest BCUT2D eigenvalue weighted by Crippen LogP contribution is 2.21. The van der Waals surface area contributed by atoms with Crippen molar-refractivity contribution in [2.24, 2.45) is 69.9 Å². The number of para-hydroxylation sites is 1. The van der Waals surface area contributed by atoms with Gasteiger partial charge in [0.25, 0.3) is 0 Å². The molecule has 0 bridgehead atoms. The second-order valence-electron chi connectivity index (χ2n) is 31.6. The summed E-state index contributed by atoms with van der Waals surface area (Å²) in [6, 6.07) is -11.5. The Hall–Kier alpha value is -8.94. The van der Waals surface area contributed by atoms with Crippen LogP contribution in [0.3, 0.4) is 0 Å². The van der Waals surface area contributed by atoms with Crippen LogP contribution in [0.25, 0.3) is 10.9 Å². The molecule has 14 amide bonds. The molecule has 1 aromatic carbocycles. The molecule has 2 aromatic rings. The highest BCUT2D eigenvalue weighted by atomic mass is 16.3. The standard InChI is InChI=1S/C78H138N20O16/c1-14-47(12)64(98-75(111)61(41-100)94-70(106)55(29-19-23-33-81)90-73(109)58(37-44(6)7)92-69(105)54(28-18-22-32-80)88-67(103)51(83)35-42(2)3)78(114)97-63(46(10)11)77(113)95-60(40-99)74(110)93-59(38-49-39-85-52-26-16-15-25-50(49)52)72(108)86-48(13)66(102)87-53(27-17-21-31-79)68(104)89-56(30-20-24-34-82)71(107)96-62(45(8)9)76(112)91-57(65(84)101)36-43(4)5/h15-16,25-26,39,42-48,51,53-64,85,99-100H,14,17-24,27-38,40-41,79-83H2,1-13H3,(H2,84,101)(H,86,108)(H,87,102)(H,88,103)(H,89,104)(H,90,109)(H,91,112)(H,92,105)(H,93,110)(H,94,106)(H,95,113)(H,96,107)(H,97,114)(H,98,111)/t47-,48-,51-,53-,54-,55-,56-,57-,58-,59-,60-,61-,62-,63-,64-/m0/s1. The Morgan fingerprint density at radius 2 is 0.693 bits per heavy atom. The Labute approximate surface area is 671 Å². The maximum Gasteiger partial charge on any atom is 0.245 e. The van der Waals surface area contributed by atoms with E-state index < -0.39 is 198 Å². The number of H-pyrrole nitrogens is 1. The molecule has 0 unspecified atom stereocenters. The third-order valence-corrected chi connectivity index (χ3v) is 19.5. The first-order valence-electron chi connectivity index (χ1n) is 40.4. The smallest absolute Gasteiger partial charge is 0.245 e. The largest absolute Gasteiger partial charge is 0.394 e. The highest BCUT2D eigenvalue weighted by Gasteiger charge is 2.39. The number of unbranched alkanes of at least 4 members (excludes halogenated alkanes) is 4. The molecular weight excluding hydrogens is 1470 g/mol. The quantitative estimate of drug-likeness (QED) is 0.0314. The summed E-state index contributed by atoms with van der Waals surface area (Å²) in [4.78, 5) is 200. The maximum atomic E-state index is 14.6. The monoisotopic (exact) mass is 1610 g/mol. The molecular formula is C78H138N20O16. The number of carbonyl (C=O) groups is 14. The molecule has 0 aliphatic heterocycles. The fraction of sp³-hybridized carbons (Fsp3) is 0.718. The molecule has 0 saturated heterocycles. The van der Waals surface area contributed by atoms with E-state index in [2.05, 4.69) is 74.1 Å². The summed E-state index contributed by atoms with van der Waals surface area (Å²) < 4.78 is 0. The van der Waals surface area contributed by atoms with Crippen LogP contribution in [0.15, 0.2) is 30.5 Å². The van der Waals surface area contributed by atoms with Gasteiger partial charge in [0, 0.05) is 23.5 Å². The van der Waals surface area contributed by atoms with Crippen LogP contribution in [-0.2, 0) is 73.5 Å². The number of nitrogens with two attached hydrogens (primary N) is 6. The number of aliphatic hydroxyl groups is 2. The molecule has 0 saturated carbocycles. The van der Waals surface area contributed by atoms with Crippen LogP contribution in [-0.4, -0.2) is 222 Å². The van der Waals surface area contributed by atoms with Crippen LogP contribution >= 0.6 is 0 Å². The summed E-state index contributed by atoms with van der Waals surface area (Å²) in [6.45, 7) is 21.4. The lowest BCUT2D eigenvalue weighted by molar-refractivity contribution is -0.137. The molecule has 646 valence electrons. The minimum Gasteiger partial charge on any atom is -0.394 e. The van der Waals surface area contributed by atoms with Crippen molar-refractivity contribution in [2.75, 3.05) is 39.4 Å². The Bertz CT molecular complexity index is 3390. The molecule has 1 aromatic heterocycles. The third kappa shape index (κ3) is 35.8. The number of fused-ring (bicyclic) bond motifs is 1. The normalized spacial score (nSPS) is 15.5. The number of aromatic amines is 1. The van der Waals surface area contributed by atoms with Crippen LogP contribution in [0, 0.1) is 35.5 Å². The van der Waals surface area contributed by atoms with E-state index in [0.29, 0.717) is 80.8 Å². The van der Waals surface area contributed by atoms with Crippen molar-refractivity contribution in [3.8, 4) is 0 Å². The maximum absolute atomic E-state index is 14.6. The summed E-state index contributed by atoms with van der Waals surface area (Å²) in [5, 5.41) is 56.5. The first-order chi connectivity index (χ1) is 53.8. The number of hydrogen-bond acceptors (Lipinski definition) is 21. The SMILES string of the molecule is CC[C@H](C)[C@H](NC(=O)[C@H](CO)NC(=O)[C@H](CCCCN)NC(=O)[C@H](CC(C)C)NC(=O)[C@H](CCCCN)NC(=O)[C@@H](N)CC(C)C)C(=O)N[C@H](C(=O)N[C@@H](CO)C(=O)N[C@@H](Cc1c[nH]c2ccccc12)C(=O)N[C@@H](C)C(=O)N[C@@H](CCCCN)C(=O)N[C@@H](CCCCN)C(=O)N[C@H](C(=O)N[C@@H](CC(C)C)C(N)=O)C(C)C)C(C)C. The van der Waals surface area contributed by atoms with Gasteiger partial charge in [0.15, 0.2) is 0 Å². The fourth-order valence-corrected chi connectivity index (χ4v) is 12.6. The molecule has 2 rings (SSSR count). The number of amides is 14. The zero-order valence-corrected chi connectivity index (χ0v) is 69.3. The average molecular weight is 1610 g/mol. The van der Waals surface area contributed by atoms with Gasteiger partial charge in [-0.25, -0.2) is 0 Å². The van der Waals surface area contributed by atoms with Crippen molar-refractivity contribution in [1.29, 1.82) is 0 Å². The number of benzene rings is 1. The van der Waals surface area contributed by atoms with E-state index in [4.69, 9.17) is 34.4 Å². The Morgan fingerprint density at radius 3 is 1.11 bits per heavy atom. The average Bonchev–Trinajstić information content (AvgIpc) is 1.57. The van der Waals surface area contributed by atoms with E-state index in [1.54, 1.807) is 72.0 Å². The molecule has 1 heterocycles. The molecule has 0 radical (unpaired) electrons. The van der Waals surface area contributed by atoms with Gasteiger partial charge in [-0.2, -0.15) is 0 Å². The molecule has 36 heteroatoms. The fourth-order valence-electron chi connectivity index (χ4n) is 12.6. The Kier molecular flexibility index (Phi) is 47.2. The van der Waals surface area contributed by atoms with Gasteiger partial charge in [-0.15, -0.1) is 0 Å². The predicted octanol–water partition coefficient (Wildman–Crippen LogP) is -2.16. The minimum atomic E-state index is -1.79. The number of carbonyl (C=O) groups excluding carboxylic acids is 14. The first-order valence-corrected chi connectivity index (χ1v) is 40.4. The number of primary amides is 1. The van der Waals surface area contributed by atoms with Gasteiger partial charge in [-0.3, -0.25) is 67.1 Å². The second kappa shape index (κ2) is 53.3. The van der Waals surface area contributed by atoms with Crippen molar-refractivity contribution in [1.82, 2.24) is 74.1 Å². The van der Waals surface area contributed by atoms with Gasteiger partial charge in [0.2, 0.25) is 82.7 Å².